The standard InChI is InChI=1S/C25H30N4O4S/c1-27(19-8-3-2-4-9-19)34(31,32)29-15-13-28(14-16-29)25(30)21-18-23(24-12-7-17-33-24)26-22-11-6-5-10-20(21)22/h5-7,10-12,17-19H,2-4,8-9,13-16H2,1H3. The van der Waals surface area contributed by atoms with Crippen molar-refractivity contribution in [3.8, 4) is 11.5 Å². The van der Waals surface area contributed by atoms with Crippen molar-refractivity contribution in [1.82, 2.24) is 18.5 Å². The van der Waals surface area contributed by atoms with E-state index in [1.54, 1.807) is 34.6 Å². The Kier molecular flexibility index (Phi) is 6.42. The van der Waals surface area contributed by atoms with Crippen LogP contribution in [-0.4, -0.2) is 72.1 Å². The Morgan fingerprint density at radius 1 is 1.03 bits per heavy atom. The molecule has 1 saturated heterocycles. The van der Waals surface area contributed by atoms with Crippen molar-refractivity contribution < 1.29 is 17.6 Å². The third kappa shape index (κ3) is 4.35. The first-order valence-corrected chi connectivity index (χ1v) is 13.3. The van der Waals surface area contributed by atoms with Gasteiger partial charge in [-0.2, -0.15) is 17.0 Å². The Bertz CT molecular complexity index is 1260. The first kappa shape index (κ1) is 23.0. The number of pyridine rings is 1. The second kappa shape index (κ2) is 9.48. The van der Waals surface area contributed by atoms with Gasteiger partial charge < -0.3 is 9.32 Å². The maximum atomic E-state index is 13.6. The van der Waals surface area contributed by atoms with Crippen LogP contribution in [0.25, 0.3) is 22.4 Å². The molecule has 0 radical (unpaired) electrons. The summed E-state index contributed by atoms with van der Waals surface area (Å²) in [6, 6.07) is 13.0. The normalized spacial score (nSPS) is 18.6. The van der Waals surface area contributed by atoms with Crippen LogP contribution in [0.15, 0.2) is 53.1 Å². The molecule has 34 heavy (non-hydrogen) atoms. The predicted octanol–water partition coefficient (Wildman–Crippen LogP) is 3.76. The molecule has 9 heteroatoms. The van der Waals surface area contributed by atoms with Crippen LogP contribution >= 0.6 is 0 Å². The molecule has 1 saturated carbocycles. The Balaban J connectivity index is 1.34. The van der Waals surface area contributed by atoms with Crippen molar-refractivity contribution in [2.45, 2.75) is 38.1 Å². The highest BCUT2D eigenvalue weighted by atomic mass is 32.2. The summed E-state index contributed by atoms with van der Waals surface area (Å²) in [5, 5.41) is 0.773. The highest BCUT2D eigenvalue weighted by Crippen LogP contribution is 2.28. The van der Waals surface area contributed by atoms with Crippen LogP contribution in [0, 0.1) is 0 Å². The van der Waals surface area contributed by atoms with E-state index in [1.807, 2.05) is 30.3 Å². The van der Waals surface area contributed by atoms with Gasteiger partial charge in [0, 0.05) is 44.7 Å². The van der Waals surface area contributed by atoms with Gasteiger partial charge >= 0.3 is 0 Å². The van der Waals surface area contributed by atoms with E-state index in [9.17, 15) is 13.2 Å². The van der Waals surface area contributed by atoms with Gasteiger partial charge in [0.05, 0.1) is 17.3 Å². The zero-order chi connectivity index (χ0) is 23.7. The number of hydrogen-bond donors (Lipinski definition) is 0. The lowest BCUT2D eigenvalue weighted by Crippen LogP contribution is -2.55. The molecule has 0 spiro atoms. The van der Waals surface area contributed by atoms with Gasteiger partial charge in [0.15, 0.2) is 5.76 Å². The van der Waals surface area contributed by atoms with Gasteiger partial charge in [-0.25, -0.2) is 4.98 Å². The van der Waals surface area contributed by atoms with E-state index in [4.69, 9.17) is 4.42 Å². The van der Waals surface area contributed by atoms with Crippen molar-refractivity contribution in [3.05, 3.63) is 54.3 Å². The summed E-state index contributed by atoms with van der Waals surface area (Å²) in [6.45, 7) is 1.28. The van der Waals surface area contributed by atoms with Crippen LogP contribution in [0.5, 0.6) is 0 Å². The molecule has 0 N–H and O–H groups in total. The zero-order valence-corrected chi connectivity index (χ0v) is 20.2. The number of rotatable bonds is 5. The van der Waals surface area contributed by atoms with E-state index in [0.717, 1.165) is 36.6 Å². The average Bonchev–Trinajstić information content (AvgIpc) is 3.43. The lowest BCUT2D eigenvalue weighted by atomic mass is 9.96. The van der Waals surface area contributed by atoms with Crippen LogP contribution in [0.1, 0.15) is 42.5 Å². The van der Waals surface area contributed by atoms with Gasteiger partial charge in [-0.3, -0.25) is 4.79 Å². The number of piperazine rings is 1. The third-order valence-corrected chi connectivity index (χ3v) is 9.07. The van der Waals surface area contributed by atoms with Gasteiger partial charge in [-0.15, -0.1) is 0 Å². The summed E-state index contributed by atoms with van der Waals surface area (Å²) in [6.07, 6.45) is 6.75. The van der Waals surface area contributed by atoms with Gasteiger partial charge in [-0.05, 0) is 37.1 Å². The minimum absolute atomic E-state index is 0.0709. The second-order valence-electron chi connectivity index (χ2n) is 9.06. The number of hydrogen-bond acceptors (Lipinski definition) is 5. The molecule has 2 aromatic heterocycles. The number of amides is 1. The molecule has 0 unspecified atom stereocenters. The molecular formula is C25H30N4O4S. The Hall–Kier alpha value is -2.75. The van der Waals surface area contributed by atoms with E-state index < -0.39 is 10.2 Å². The van der Waals surface area contributed by atoms with E-state index in [1.165, 1.54) is 10.7 Å². The van der Waals surface area contributed by atoms with E-state index in [2.05, 4.69) is 4.98 Å². The molecule has 3 heterocycles. The minimum atomic E-state index is -3.54. The van der Waals surface area contributed by atoms with Crippen LogP contribution in [0.3, 0.4) is 0 Å². The summed E-state index contributed by atoms with van der Waals surface area (Å²) in [5.74, 6) is 0.477. The molecule has 0 atom stereocenters. The molecule has 180 valence electrons. The average molecular weight is 483 g/mol. The molecule has 1 aliphatic heterocycles. The maximum Gasteiger partial charge on any atom is 0.282 e. The SMILES string of the molecule is CN(C1CCCCC1)S(=O)(=O)N1CCN(C(=O)c2cc(-c3ccco3)nc3ccccc23)CC1. The molecule has 1 amide bonds. The molecule has 2 fully saturated rings. The van der Waals surface area contributed by atoms with Crippen LogP contribution in [0.4, 0.5) is 0 Å². The number of para-hydroxylation sites is 1. The van der Waals surface area contributed by atoms with Crippen molar-refractivity contribution in [2.75, 3.05) is 33.2 Å². The number of furan rings is 1. The summed E-state index contributed by atoms with van der Waals surface area (Å²) >= 11 is 0. The number of carbonyl (C=O) groups excluding carboxylic acids is 1. The molecule has 8 nitrogen and oxygen atoms in total. The number of fused-ring (bicyclic) bond motifs is 1. The van der Waals surface area contributed by atoms with Gasteiger partial charge in [0.1, 0.15) is 5.69 Å². The largest absolute Gasteiger partial charge is 0.463 e. The second-order valence-corrected chi connectivity index (χ2v) is 11.0. The summed E-state index contributed by atoms with van der Waals surface area (Å²) in [7, 11) is -1.84. The Labute approximate surface area is 200 Å². The molecule has 3 aromatic rings. The lowest BCUT2D eigenvalue weighted by molar-refractivity contribution is 0.0695. The van der Waals surface area contributed by atoms with Crippen molar-refractivity contribution in [1.29, 1.82) is 0 Å². The smallest absolute Gasteiger partial charge is 0.282 e. The molecule has 5 rings (SSSR count). The monoisotopic (exact) mass is 482 g/mol. The summed E-state index contributed by atoms with van der Waals surface area (Å²) < 4.78 is 35.0. The molecule has 0 bridgehead atoms. The zero-order valence-electron chi connectivity index (χ0n) is 19.4. The van der Waals surface area contributed by atoms with E-state index in [0.29, 0.717) is 43.2 Å². The van der Waals surface area contributed by atoms with Gasteiger partial charge in [-0.1, -0.05) is 37.5 Å². The topological polar surface area (TPSA) is 87.0 Å². The molecule has 1 aliphatic carbocycles. The van der Waals surface area contributed by atoms with Crippen molar-refractivity contribution >= 4 is 27.0 Å². The Morgan fingerprint density at radius 3 is 2.47 bits per heavy atom. The first-order chi connectivity index (χ1) is 16.4. The molecule has 2 aliphatic rings. The number of aromatic nitrogens is 1. The Morgan fingerprint density at radius 2 is 1.76 bits per heavy atom. The van der Waals surface area contributed by atoms with Gasteiger partial charge in [0.25, 0.3) is 16.1 Å². The van der Waals surface area contributed by atoms with Crippen LogP contribution < -0.4 is 0 Å². The van der Waals surface area contributed by atoms with Crippen molar-refractivity contribution in [3.63, 3.8) is 0 Å². The molecule has 1 aromatic carbocycles. The van der Waals surface area contributed by atoms with Crippen molar-refractivity contribution in [2.24, 2.45) is 0 Å². The fourth-order valence-electron chi connectivity index (χ4n) is 5.01. The maximum absolute atomic E-state index is 13.6. The lowest BCUT2D eigenvalue weighted by Gasteiger charge is -2.38. The summed E-state index contributed by atoms with van der Waals surface area (Å²) in [4.78, 5) is 20.0. The number of nitrogens with zero attached hydrogens (tertiary/aromatic N) is 4. The highest BCUT2D eigenvalue weighted by molar-refractivity contribution is 7.86. The van der Waals surface area contributed by atoms with Crippen LogP contribution in [-0.2, 0) is 10.2 Å². The number of benzene rings is 1. The summed E-state index contributed by atoms with van der Waals surface area (Å²) in [5.41, 5.74) is 1.87. The van der Waals surface area contributed by atoms with Gasteiger partial charge in [0.2, 0.25) is 0 Å². The minimum Gasteiger partial charge on any atom is -0.463 e. The highest BCUT2D eigenvalue weighted by Gasteiger charge is 2.35. The van der Waals surface area contributed by atoms with E-state index in [-0.39, 0.29) is 11.9 Å². The fourth-order valence-corrected chi connectivity index (χ4v) is 6.59. The fraction of sp³-hybridized carbons (Fsp3) is 0.440. The first-order valence-electron chi connectivity index (χ1n) is 11.9. The third-order valence-electron chi connectivity index (χ3n) is 7.03. The van der Waals surface area contributed by atoms with E-state index >= 15 is 0 Å². The predicted molar refractivity (Wildman–Crippen MR) is 130 cm³/mol. The molecular weight excluding hydrogens is 452 g/mol. The number of carbonyl (C=O) groups is 1. The quantitative estimate of drug-likeness (QED) is 0.553. The van der Waals surface area contributed by atoms with Crippen LogP contribution in [0.2, 0.25) is 0 Å².